The molecule has 0 spiro atoms. The minimum atomic E-state index is -0.918. The molecular formula is C18H19FN4O4. The van der Waals surface area contributed by atoms with Crippen molar-refractivity contribution >= 4 is 17.6 Å². The van der Waals surface area contributed by atoms with E-state index in [9.17, 15) is 14.0 Å². The first kappa shape index (κ1) is 17.5. The number of anilines is 1. The lowest BCUT2D eigenvalue weighted by Gasteiger charge is -2.34. The van der Waals surface area contributed by atoms with E-state index in [1.165, 1.54) is 23.1 Å². The Morgan fingerprint density at radius 2 is 2.04 bits per heavy atom. The van der Waals surface area contributed by atoms with Crippen LogP contribution >= 0.6 is 0 Å². The summed E-state index contributed by atoms with van der Waals surface area (Å²) in [6.07, 6.45) is 0. The molecule has 142 valence electrons. The molecule has 2 amide bonds. The molecule has 2 aliphatic rings. The van der Waals surface area contributed by atoms with Gasteiger partial charge in [-0.05, 0) is 17.7 Å². The van der Waals surface area contributed by atoms with Crippen LogP contribution in [-0.4, -0.2) is 61.3 Å². The van der Waals surface area contributed by atoms with Crippen LogP contribution in [0.3, 0.4) is 0 Å². The van der Waals surface area contributed by atoms with E-state index >= 15 is 0 Å². The topological polar surface area (TPSA) is 87.9 Å². The highest BCUT2D eigenvalue weighted by molar-refractivity contribution is 5.97. The number of piperazine rings is 1. The largest absolute Gasteiger partial charge is 0.378 e. The molecular weight excluding hydrogens is 355 g/mol. The van der Waals surface area contributed by atoms with Gasteiger partial charge in [0.25, 0.3) is 5.91 Å². The highest BCUT2D eigenvalue weighted by Gasteiger charge is 2.36. The third kappa shape index (κ3) is 3.50. The van der Waals surface area contributed by atoms with Gasteiger partial charge in [-0.15, -0.1) is 0 Å². The van der Waals surface area contributed by atoms with Crippen molar-refractivity contribution in [2.45, 2.75) is 6.04 Å². The Bertz CT molecular complexity index is 849. The van der Waals surface area contributed by atoms with Gasteiger partial charge in [0.05, 0.1) is 13.2 Å². The van der Waals surface area contributed by atoms with Gasteiger partial charge in [-0.3, -0.25) is 9.59 Å². The lowest BCUT2D eigenvalue weighted by molar-refractivity contribution is -0.128. The monoisotopic (exact) mass is 374 g/mol. The average Bonchev–Trinajstić information content (AvgIpc) is 3.18. The number of hydrogen-bond acceptors (Lipinski definition) is 6. The molecule has 9 heteroatoms. The molecule has 4 rings (SSSR count). The molecule has 0 radical (unpaired) electrons. The molecule has 2 saturated heterocycles. The first-order valence-electron chi connectivity index (χ1n) is 8.77. The number of rotatable bonds is 3. The van der Waals surface area contributed by atoms with Crippen LogP contribution < -0.4 is 10.2 Å². The second-order valence-electron chi connectivity index (χ2n) is 6.40. The fourth-order valence-electron chi connectivity index (χ4n) is 3.34. The quantitative estimate of drug-likeness (QED) is 0.861. The lowest BCUT2D eigenvalue weighted by Crippen LogP contribution is -2.52. The number of amides is 2. The van der Waals surface area contributed by atoms with E-state index in [0.29, 0.717) is 50.8 Å². The SMILES string of the molecule is O=C1NCCN(C(=O)c2cc(N3CCOCC3)no2)C1c1cccc(F)c1. The van der Waals surface area contributed by atoms with Gasteiger partial charge in [0.1, 0.15) is 11.9 Å². The third-order valence-corrected chi connectivity index (χ3v) is 4.68. The van der Waals surface area contributed by atoms with Crippen LogP contribution in [0.15, 0.2) is 34.9 Å². The van der Waals surface area contributed by atoms with Crippen LogP contribution in [0, 0.1) is 5.82 Å². The number of benzene rings is 1. The molecule has 2 aliphatic heterocycles. The normalized spacial score (nSPS) is 20.5. The standard InChI is InChI=1S/C18H19FN4O4/c19-13-3-1-2-12(10-13)16-17(24)20-4-5-23(16)18(25)14-11-15(21-27-14)22-6-8-26-9-7-22/h1-3,10-11,16H,4-9H2,(H,20,24). The maximum atomic E-state index is 13.6. The van der Waals surface area contributed by atoms with Gasteiger partial charge in [-0.2, -0.15) is 0 Å². The summed E-state index contributed by atoms with van der Waals surface area (Å²) in [7, 11) is 0. The smallest absolute Gasteiger partial charge is 0.293 e. The zero-order chi connectivity index (χ0) is 18.8. The summed E-state index contributed by atoms with van der Waals surface area (Å²) in [6.45, 7) is 3.12. The molecule has 0 bridgehead atoms. The van der Waals surface area contributed by atoms with Crippen LogP contribution in [0.25, 0.3) is 0 Å². The van der Waals surface area contributed by atoms with Crippen molar-refractivity contribution in [2.75, 3.05) is 44.3 Å². The van der Waals surface area contributed by atoms with Gasteiger partial charge < -0.3 is 24.4 Å². The number of nitrogens with zero attached hydrogens (tertiary/aromatic N) is 3. The molecule has 1 atom stereocenters. The average molecular weight is 374 g/mol. The molecule has 1 unspecified atom stereocenters. The molecule has 2 aromatic rings. The molecule has 1 N–H and O–H groups in total. The molecule has 0 saturated carbocycles. The Labute approximate surface area is 154 Å². The summed E-state index contributed by atoms with van der Waals surface area (Å²) in [5.74, 6) is -0.662. The molecule has 0 aliphatic carbocycles. The van der Waals surface area contributed by atoms with Crippen molar-refractivity contribution in [3.8, 4) is 0 Å². The maximum Gasteiger partial charge on any atom is 0.293 e. The maximum absolute atomic E-state index is 13.6. The van der Waals surface area contributed by atoms with Crippen molar-refractivity contribution in [3.63, 3.8) is 0 Å². The van der Waals surface area contributed by atoms with Gasteiger partial charge in [-0.1, -0.05) is 17.3 Å². The number of carbonyl (C=O) groups is 2. The van der Waals surface area contributed by atoms with Crippen molar-refractivity contribution < 1.29 is 23.2 Å². The zero-order valence-corrected chi connectivity index (χ0v) is 14.6. The summed E-state index contributed by atoms with van der Waals surface area (Å²) in [6, 6.07) is 6.34. The Morgan fingerprint density at radius 1 is 1.22 bits per heavy atom. The Hall–Kier alpha value is -2.94. The van der Waals surface area contributed by atoms with E-state index in [1.54, 1.807) is 12.1 Å². The second kappa shape index (κ2) is 7.36. The second-order valence-corrected chi connectivity index (χ2v) is 6.40. The third-order valence-electron chi connectivity index (χ3n) is 4.68. The van der Waals surface area contributed by atoms with E-state index in [2.05, 4.69) is 10.5 Å². The highest BCUT2D eigenvalue weighted by Crippen LogP contribution is 2.27. The van der Waals surface area contributed by atoms with Crippen molar-refractivity contribution in [2.24, 2.45) is 0 Å². The predicted molar refractivity (Wildman–Crippen MR) is 92.7 cm³/mol. The number of ether oxygens (including phenoxy) is 1. The minimum absolute atomic E-state index is 0.0487. The van der Waals surface area contributed by atoms with Crippen molar-refractivity contribution in [3.05, 3.63) is 47.5 Å². The molecule has 27 heavy (non-hydrogen) atoms. The van der Waals surface area contributed by atoms with E-state index in [0.717, 1.165) is 0 Å². The summed E-state index contributed by atoms with van der Waals surface area (Å²) in [4.78, 5) is 28.7. The van der Waals surface area contributed by atoms with Gasteiger partial charge >= 0.3 is 0 Å². The number of morpholine rings is 1. The summed E-state index contributed by atoms with van der Waals surface area (Å²) in [5, 5.41) is 6.69. The Morgan fingerprint density at radius 3 is 2.81 bits per heavy atom. The highest BCUT2D eigenvalue weighted by atomic mass is 19.1. The number of halogens is 1. The van der Waals surface area contributed by atoms with Crippen LogP contribution in [0.1, 0.15) is 22.2 Å². The van der Waals surface area contributed by atoms with Gasteiger partial charge in [0.15, 0.2) is 5.82 Å². The number of aromatic nitrogens is 1. The molecule has 1 aromatic carbocycles. The Balaban J connectivity index is 1.59. The van der Waals surface area contributed by atoms with Crippen LogP contribution in [0.4, 0.5) is 10.2 Å². The van der Waals surface area contributed by atoms with Crippen LogP contribution in [0.5, 0.6) is 0 Å². The lowest BCUT2D eigenvalue weighted by atomic mass is 10.0. The first-order valence-corrected chi connectivity index (χ1v) is 8.77. The summed E-state index contributed by atoms with van der Waals surface area (Å²) in [5.41, 5.74) is 0.411. The molecule has 3 heterocycles. The number of nitrogens with one attached hydrogen (secondary N) is 1. The van der Waals surface area contributed by atoms with E-state index in [1.807, 2.05) is 4.90 Å². The zero-order valence-electron chi connectivity index (χ0n) is 14.6. The number of carbonyl (C=O) groups excluding carboxylic acids is 2. The number of hydrogen-bond donors (Lipinski definition) is 1. The molecule has 2 fully saturated rings. The first-order chi connectivity index (χ1) is 13.1. The Kier molecular flexibility index (Phi) is 4.76. The minimum Gasteiger partial charge on any atom is -0.378 e. The van der Waals surface area contributed by atoms with Gasteiger partial charge in [-0.25, -0.2) is 4.39 Å². The van der Waals surface area contributed by atoms with Crippen molar-refractivity contribution in [1.82, 2.24) is 15.4 Å². The van der Waals surface area contributed by atoms with Crippen molar-refractivity contribution in [1.29, 1.82) is 0 Å². The molecule has 8 nitrogen and oxygen atoms in total. The van der Waals surface area contributed by atoms with E-state index in [-0.39, 0.29) is 11.7 Å². The fourth-order valence-corrected chi connectivity index (χ4v) is 3.34. The summed E-state index contributed by atoms with van der Waals surface area (Å²) >= 11 is 0. The van der Waals surface area contributed by atoms with Gasteiger partial charge in [0, 0.05) is 32.2 Å². The molecule has 1 aromatic heterocycles. The van der Waals surface area contributed by atoms with E-state index < -0.39 is 17.8 Å². The van der Waals surface area contributed by atoms with E-state index in [4.69, 9.17) is 9.26 Å². The predicted octanol–water partition coefficient (Wildman–Crippen LogP) is 0.964. The van der Waals surface area contributed by atoms with Gasteiger partial charge in [0.2, 0.25) is 11.7 Å². The summed E-state index contributed by atoms with van der Waals surface area (Å²) < 4.78 is 24.2. The van der Waals surface area contributed by atoms with Crippen LogP contribution in [-0.2, 0) is 9.53 Å². The fraction of sp³-hybridized carbons (Fsp3) is 0.389. The van der Waals surface area contributed by atoms with Crippen LogP contribution in [0.2, 0.25) is 0 Å².